The SMILES string of the molecule is Cc1ccc(Cl)cc1S(=O)(=O)N(Cc1ccccc1)[C@H]1CS(=O)(=O)C[C@H]1O. The lowest BCUT2D eigenvalue weighted by molar-refractivity contribution is 0.125. The zero-order chi connectivity index (χ0) is 19.8. The largest absolute Gasteiger partial charge is 0.390 e. The van der Waals surface area contributed by atoms with Crippen LogP contribution >= 0.6 is 11.6 Å². The molecule has 6 nitrogen and oxygen atoms in total. The van der Waals surface area contributed by atoms with E-state index in [0.717, 1.165) is 4.31 Å². The van der Waals surface area contributed by atoms with Crippen molar-refractivity contribution < 1.29 is 21.9 Å². The minimum Gasteiger partial charge on any atom is -0.390 e. The van der Waals surface area contributed by atoms with E-state index in [4.69, 9.17) is 11.6 Å². The van der Waals surface area contributed by atoms with Gasteiger partial charge in [0.2, 0.25) is 10.0 Å². The van der Waals surface area contributed by atoms with Crippen LogP contribution in [0.5, 0.6) is 0 Å². The molecule has 1 saturated heterocycles. The fourth-order valence-electron chi connectivity index (χ4n) is 3.21. The molecule has 2 atom stereocenters. The van der Waals surface area contributed by atoms with Gasteiger partial charge in [0.05, 0.1) is 28.5 Å². The van der Waals surface area contributed by atoms with Gasteiger partial charge in [0.25, 0.3) is 0 Å². The summed E-state index contributed by atoms with van der Waals surface area (Å²) in [6.45, 7) is 1.60. The Morgan fingerprint density at radius 1 is 1.15 bits per heavy atom. The average Bonchev–Trinajstić information content (AvgIpc) is 2.87. The monoisotopic (exact) mass is 429 g/mol. The minimum atomic E-state index is -4.09. The second-order valence-corrected chi connectivity index (χ2v) is 11.1. The van der Waals surface area contributed by atoms with Gasteiger partial charge in [0, 0.05) is 11.6 Å². The van der Waals surface area contributed by atoms with Crippen LogP contribution < -0.4 is 0 Å². The molecule has 0 saturated carbocycles. The third-order valence-electron chi connectivity index (χ3n) is 4.58. The topological polar surface area (TPSA) is 91.8 Å². The number of rotatable bonds is 5. The highest BCUT2D eigenvalue weighted by Crippen LogP contribution is 2.30. The summed E-state index contributed by atoms with van der Waals surface area (Å²) in [5.74, 6) is -0.868. The van der Waals surface area contributed by atoms with E-state index in [2.05, 4.69) is 0 Å². The minimum absolute atomic E-state index is 0.00225. The molecule has 1 heterocycles. The van der Waals surface area contributed by atoms with E-state index in [1.165, 1.54) is 6.07 Å². The van der Waals surface area contributed by atoms with E-state index in [1.807, 2.05) is 0 Å². The van der Waals surface area contributed by atoms with Gasteiger partial charge in [-0.2, -0.15) is 4.31 Å². The van der Waals surface area contributed by atoms with Gasteiger partial charge >= 0.3 is 0 Å². The second-order valence-electron chi connectivity index (χ2n) is 6.66. The van der Waals surface area contributed by atoms with E-state index in [9.17, 15) is 21.9 Å². The van der Waals surface area contributed by atoms with Crippen molar-refractivity contribution in [2.75, 3.05) is 11.5 Å². The highest BCUT2D eigenvalue weighted by atomic mass is 35.5. The van der Waals surface area contributed by atoms with Crippen molar-refractivity contribution in [3.05, 3.63) is 64.7 Å². The Morgan fingerprint density at radius 2 is 1.81 bits per heavy atom. The predicted octanol–water partition coefficient (Wildman–Crippen LogP) is 2.00. The molecule has 0 aliphatic carbocycles. The number of halogens is 1. The number of nitrogens with zero attached hydrogens (tertiary/aromatic N) is 1. The summed E-state index contributed by atoms with van der Waals surface area (Å²) in [5.41, 5.74) is 1.19. The molecule has 3 rings (SSSR count). The first-order valence-corrected chi connectivity index (χ1v) is 11.9. The molecule has 0 amide bonds. The van der Waals surface area contributed by atoms with E-state index in [-0.39, 0.29) is 16.5 Å². The average molecular weight is 430 g/mol. The lowest BCUT2D eigenvalue weighted by atomic mass is 10.2. The number of aliphatic hydroxyl groups excluding tert-OH is 1. The summed E-state index contributed by atoms with van der Waals surface area (Å²) < 4.78 is 51.9. The maximum Gasteiger partial charge on any atom is 0.244 e. The first-order valence-electron chi connectivity index (χ1n) is 8.30. The van der Waals surface area contributed by atoms with E-state index >= 15 is 0 Å². The molecule has 1 aliphatic heterocycles. The van der Waals surface area contributed by atoms with Crippen LogP contribution in [0.2, 0.25) is 5.02 Å². The molecule has 1 aliphatic rings. The Balaban J connectivity index is 2.10. The van der Waals surface area contributed by atoms with Gasteiger partial charge in [-0.1, -0.05) is 48.0 Å². The van der Waals surface area contributed by atoms with Crippen LogP contribution in [0.15, 0.2) is 53.4 Å². The summed E-state index contributed by atoms with van der Waals surface area (Å²) in [6.07, 6.45) is -1.28. The number of aryl methyl sites for hydroxylation is 1. The molecule has 146 valence electrons. The predicted molar refractivity (Wildman–Crippen MR) is 104 cm³/mol. The summed E-state index contributed by atoms with van der Waals surface area (Å²) >= 11 is 5.99. The molecule has 0 bridgehead atoms. The first-order chi connectivity index (χ1) is 12.6. The number of sulfone groups is 1. The maximum atomic E-state index is 13.4. The van der Waals surface area contributed by atoms with E-state index < -0.39 is 43.5 Å². The van der Waals surface area contributed by atoms with E-state index in [0.29, 0.717) is 11.1 Å². The molecule has 0 unspecified atom stereocenters. The summed E-state index contributed by atoms with van der Waals surface area (Å²) in [5, 5.41) is 10.6. The third-order valence-corrected chi connectivity index (χ3v) is 8.53. The number of aliphatic hydroxyl groups is 1. The zero-order valence-corrected chi connectivity index (χ0v) is 17.0. The van der Waals surface area contributed by atoms with E-state index in [1.54, 1.807) is 49.4 Å². The molecule has 1 N–H and O–H groups in total. The normalized spacial score (nSPS) is 22.2. The number of hydrogen-bond acceptors (Lipinski definition) is 5. The van der Waals surface area contributed by atoms with Crippen molar-refractivity contribution in [3.8, 4) is 0 Å². The zero-order valence-electron chi connectivity index (χ0n) is 14.6. The molecular weight excluding hydrogens is 410 g/mol. The molecule has 2 aromatic carbocycles. The fraction of sp³-hybridized carbons (Fsp3) is 0.333. The van der Waals surface area contributed by atoms with Crippen LogP contribution in [-0.4, -0.2) is 49.9 Å². The molecule has 9 heteroatoms. The molecule has 0 aromatic heterocycles. The van der Waals surface area contributed by atoms with Crippen LogP contribution in [0, 0.1) is 6.92 Å². The van der Waals surface area contributed by atoms with Crippen molar-refractivity contribution in [1.82, 2.24) is 4.31 Å². The highest BCUT2D eigenvalue weighted by molar-refractivity contribution is 7.92. The number of hydrogen-bond donors (Lipinski definition) is 1. The van der Waals surface area contributed by atoms with Crippen LogP contribution in [0.3, 0.4) is 0 Å². The van der Waals surface area contributed by atoms with Crippen molar-refractivity contribution in [1.29, 1.82) is 0 Å². The van der Waals surface area contributed by atoms with Gasteiger partial charge in [0.15, 0.2) is 9.84 Å². The van der Waals surface area contributed by atoms with Gasteiger partial charge in [-0.3, -0.25) is 0 Å². The number of benzene rings is 2. The maximum absolute atomic E-state index is 13.4. The smallest absolute Gasteiger partial charge is 0.244 e. The van der Waals surface area contributed by atoms with Crippen molar-refractivity contribution in [2.24, 2.45) is 0 Å². The molecular formula is C18H20ClNO5S2. The lowest BCUT2D eigenvalue weighted by Crippen LogP contribution is -2.46. The third kappa shape index (κ3) is 4.35. The van der Waals surface area contributed by atoms with Gasteiger partial charge in [0.1, 0.15) is 0 Å². The quantitative estimate of drug-likeness (QED) is 0.784. The van der Waals surface area contributed by atoms with Gasteiger partial charge in [-0.25, -0.2) is 16.8 Å². The van der Waals surface area contributed by atoms with Crippen LogP contribution in [0.25, 0.3) is 0 Å². The summed E-state index contributed by atoms with van der Waals surface area (Å²) in [6, 6.07) is 12.3. The standard InChI is InChI=1S/C18H20ClNO5S2/c1-13-7-8-15(19)9-18(13)27(24,25)20(10-14-5-3-2-4-6-14)16-11-26(22,23)12-17(16)21/h2-9,16-17,21H,10-12H2,1H3/t16-,17+/m0/s1. The van der Waals surface area contributed by atoms with Crippen molar-refractivity contribution >= 4 is 31.5 Å². The Bertz CT molecular complexity index is 1040. The van der Waals surface area contributed by atoms with Crippen molar-refractivity contribution in [3.63, 3.8) is 0 Å². The Morgan fingerprint density at radius 3 is 2.41 bits per heavy atom. The molecule has 27 heavy (non-hydrogen) atoms. The number of sulfonamides is 1. The van der Waals surface area contributed by atoms with Gasteiger partial charge < -0.3 is 5.11 Å². The van der Waals surface area contributed by atoms with Crippen LogP contribution in [0.4, 0.5) is 0 Å². The second kappa shape index (κ2) is 7.52. The Kier molecular flexibility index (Phi) is 5.65. The molecule has 1 fully saturated rings. The summed E-state index contributed by atoms with van der Waals surface area (Å²) in [4.78, 5) is 0.00225. The first kappa shape index (κ1) is 20.3. The molecule has 2 aromatic rings. The highest BCUT2D eigenvalue weighted by Gasteiger charge is 2.45. The fourth-order valence-corrected chi connectivity index (χ4v) is 7.23. The van der Waals surface area contributed by atoms with Crippen molar-refractivity contribution in [2.45, 2.75) is 30.5 Å². The lowest BCUT2D eigenvalue weighted by Gasteiger charge is -2.30. The Labute approximate surface area is 164 Å². The Hall–Kier alpha value is -1.45. The molecule has 0 spiro atoms. The van der Waals surface area contributed by atoms with Crippen LogP contribution in [-0.2, 0) is 26.4 Å². The summed E-state index contributed by atoms with van der Waals surface area (Å²) in [7, 11) is -7.62. The van der Waals surface area contributed by atoms with Gasteiger partial charge in [-0.15, -0.1) is 0 Å². The van der Waals surface area contributed by atoms with Gasteiger partial charge in [-0.05, 0) is 30.2 Å². The van der Waals surface area contributed by atoms with Crippen LogP contribution in [0.1, 0.15) is 11.1 Å². The molecule has 0 radical (unpaired) electrons.